The normalized spacial score (nSPS) is 19.5. The Morgan fingerprint density at radius 3 is 3.00 bits per heavy atom. The Kier molecular flexibility index (Phi) is 2.39. The highest BCUT2D eigenvalue weighted by Gasteiger charge is 2.21. The van der Waals surface area contributed by atoms with Crippen LogP contribution in [0.2, 0.25) is 0 Å². The van der Waals surface area contributed by atoms with Crippen LogP contribution in [0.1, 0.15) is 25.3 Å². The summed E-state index contributed by atoms with van der Waals surface area (Å²) in [4.78, 5) is 0. The third-order valence-corrected chi connectivity index (χ3v) is 2.30. The first-order chi connectivity index (χ1) is 6.81. The predicted molar refractivity (Wildman–Crippen MR) is 56.7 cm³/mol. The first-order valence-corrected chi connectivity index (χ1v) is 4.92. The molecule has 1 heterocycles. The Morgan fingerprint density at radius 2 is 2.21 bits per heavy atom. The molecule has 0 radical (unpaired) electrons. The minimum atomic E-state index is -0.0394. The number of ether oxygens (including phenoxy) is 1. The largest absolute Gasteiger partial charge is 0.454 e. The van der Waals surface area contributed by atoms with Crippen molar-refractivity contribution in [2.24, 2.45) is 0 Å². The minimum Gasteiger partial charge on any atom is -0.454 e. The average Bonchev–Trinajstić information content (AvgIpc) is 2.18. The van der Waals surface area contributed by atoms with Gasteiger partial charge < -0.3 is 10.1 Å². The van der Waals surface area contributed by atoms with E-state index in [0.29, 0.717) is 0 Å². The molecule has 0 saturated carbocycles. The zero-order chi connectivity index (χ0) is 9.97. The molecule has 1 aliphatic heterocycles. The zero-order valence-electron chi connectivity index (χ0n) is 8.21. The highest BCUT2D eigenvalue weighted by molar-refractivity contribution is 5.98. The van der Waals surface area contributed by atoms with Crippen LogP contribution in [0.15, 0.2) is 24.3 Å². The van der Waals surface area contributed by atoms with E-state index in [1.54, 1.807) is 0 Å². The van der Waals surface area contributed by atoms with Crippen LogP contribution < -0.4 is 5.32 Å². The predicted octanol–water partition coefficient (Wildman–Crippen LogP) is 2.58. The maximum absolute atomic E-state index is 7.72. The van der Waals surface area contributed by atoms with Crippen LogP contribution in [-0.4, -0.2) is 12.1 Å². The van der Waals surface area contributed by atoms with Crippen LogP contribution in [0.4, 0.5) is 5.69 Å². The quantitative estimate of drug-likeness (QED) is 0.752. The van der Waals surface area contributed by atoms with Gasteiger partial charge in [0.1, 0.15) is 0 Å². The topological polar surface area (TPSA) is 45.1 Å². The Labute approximate surface area is 83.6 Å². The second kappa shape index (κ2) is 3.70. The highest BCUT2D eigenvalue weighted by atomic mass is 16.5. The van der Waals surface area contributed by atoms with Crippen molar-refractivity contribution in [1.29, 1.82) is 5.41 Å². The Balaban J connectivity index is 2.24. The van der Waals surface area contributed by atoms with E-state index in [0.717, 1.165) is 24.1 Å². The van der Waals surface area contributed by atoms with Crippen molar-refractivity contribution < 1.29 is 4.74 Å². The van der Waals surface area contributed by atoms with Crippen molar-refractivity contribution in [2.45, 2.75) is 26.0 Å². The summed E-state index contributed by atoms with van der Waals surface area (Å²) in [6, 6.07) is 7.76. The average molecular weight is 190 g/mol. The molecule has 0 spiro atoms. The lowest BCUT2D eigenvalue weighted by Crippen LogP contribution is -2.31. The summed E-state index contributed by atoms with van der Waals surface area (Å²) in [5.74, 6) is 0.276. The molecule has 3 nitrogen and oxygen atoms in total. The standard InChI is InChI=1S/C11H14N2O/c1-2-5-10-13-9-7-4-3-6-8(9)11(12)14-10/h3-4,6-7,10,12-13H,2,5H2,1H3. The molecule has 0 bridgehead atoms. The fourth-order valence-corrected chi connectivity index (χ4v) is 1.61. The summed E-state index contributed by atoms with van der Waals surface area (Å²) in [6.07, 6.45) is 1.94. The van der Waals surface area contributed by atoms with Crippen LogP contribution in [0.3, 0.4) is 0 Å². The van der Waals surface area contributed by atoms with Gasteiger partial charge in [0.15, 0.2) is 6.23 Å². The van der Waals surface area contributed by atoms with Gasteiger partial charge in [-0.2, -0.15) is 0 Å². The number of hydrogen-bond donors (Lipinski definition) is 2. The molecule has 3 heteroatoms. The third kappa shape index (κ3) is 1.58. The van der Waals surface area contributed by atoms with E-state index in [1.165, 1.54) is 0 Å². The molecule has 0 amide bonds. The van der Waals surface area contributed by atoms with Gasteiger partial charge in [0, 0.05) is 12.1 Å². The van der Waals surface area contributed by atoms with E-state index in [4.69, 9.17) is 10.1 Å². The molecule has 0 saturated heterocycles. The molecule has 1 aromatic rings. The Hall–Kier alpha value is -1.51. The maximum atomic E-state index is 7.72. The summed E-state index contributed by atoms with van der Waals surface area (Å²) in [5, 5.41) is 11.0. The molecular formula is C11H14N2O. The van der Waals surface area contributed by atoms with Gasteiger partial charge in [-0.3, -0.25) is 5.41 Å². The van der Waals surface area contributed by atoms with Crippen molar-refractivity contribution in [3.63, 3.8) is 0 Å². The van der Waals surface area contributed by atoms with E-state index < -0.39 is 0 Å². The van der Waals surface area contributed by atoms with Crippen molar-refractivity contribution in [1.82, 2.24) is 0 Å². The van der Waals surface area contributed by atoms with E-state index in [2.05, 4.69) is 12.2 Å². The van der Waals surface area contributed by atoms with Gasteiger partial charge in [0.2, 0.25) is 5.90 Å². The molecule has 2 rings (SSSR count). The number of benzene rings is 1. The van der Waals surface area contributed by atoms with Crippen LogP contribution in [0.25, 0.3) is 0 Å². The van der Waals surface area contributed by atoms with Crippen molar-refractivity contribution in [3.8, 4) is 0 Å². The third-order valence-electron chi connectivity index (χ3n) is 2.30. The first kappa shape index (κ1) is 9.06. The van der Waals surface area contributed by atoms with Gasteiger partial charge in [-0.05, 0) is 12.1 Å². The number of rotatable bonds is 2. The molecule has 0 aromatic heterocycles. The van der Waals surface area contributed by atoms with E-state index >= 15 is 0 Å². The van der Waals surface area contributed by atoms with Crippen LogP contribution in [-0.2, 0) is 4.74 Å². The van der Waals surface area contributed by atoms with E-state index in [9.17, 15) is 0 Å². The van der Waals surface area contributed by atoms with E-state index in [-0.39, 0.29) is 12.1 Å². The molecule has 2 N–H and O–H groups in total. The number of nitrogens with one attached hydrogen (secondary N) is 2. The lowest BCUT2D eigenvalue weighted by Gasteiger charge is -2.27. The van der Waals surface area contributed by atoms with Crippen LogP contribution in [0.5, 0.6) is 0 Å². The molecule has 74 valence electrons. The zero-order valence-corrected chi connectivity index (χ0v) is 8.21. The summed E-state index contributed by atoms with van der Waals surface area (Å²) >= 11 is 0. The lowest BCUT2D eigenvalue weighted by atomic mass is 10.1. The number of para-hydroxylation sites is 1. The number of hydrogen-bond acceptors (Lipinski definition) is 3. The molecule has 14 heavy (non-hydrogen) atoms. The monoisotopic (exact) mass is 190 g/mol. The van der Waals surface area contributed by atoms with Crippen molar-refractivity contribution in [3.05, 3.63) is 29.8 Å². The van der Waals surface area contributed by atoms with Crippen LogP contribution in [0, 0.1) is 5.41 Å². The molecule has 1 aromatic carbocycles. The maximum Gasteiger partial charge on any atom is 0.217 e. The van der Waals surface area contributed by atoms with Gasteiger partial charge in [0.05, 0.1) is 5.56 Å². The summed E-state index contributed by atoms with van der Waals surface area (Å²) in [7, 11) is 0. The molecule has 1 unspecified atom stereocenters. The molecular weight excluding hydrogens is 176 g/mol. The molecule has 0 fully saturated rings. The first-order valence-electron chi connectivity index (χ1n) is 4.92. The van der Waals surface area contributed by atoms with Crippen molar-refractivity contribution in [2.75, 3.05) is 5.32 Å². The number of anilines is 1. The summed E-state index contributed by atoms with van der Waals surface area (Å²) in [6.45, 7) is 2.11. The van der Waals surface area contributed by atoms with Gasteiger partial charge in [-0.1, -0.05) is 25.5 Å². The molecule has 1 aliphatic rings. The lowest BCUT2D eigenvalue weighted by molar-refractivity contribution is 0.198. The van der Waals surface area contributed by atoms with E-state index in [1.807, 2.05) is 24.3 Å². The molecule has 0 aliphatic carbocycles. The number of fused-ring (bicyclic) bond motifs is 1. The second-order valence-corrected chi connectivity index (χ2v) is 3.41. The van der Waals surface area contributed by atoms with Gasteiger partial charge in [-0.15, -0.1) is 0 Å². The van der Waals surface area contributed by atoms with Crippen molar-refractivity contribution >= 4 is 11.6 Å². The molecule has 1 atom stereocenters. The highest BCUT2D eigenvalue weighted by Crippen LogP contribution is 2.23. The van der Waals surface area contributed by atoms with Gasteiger partial charge >= 0.3 is 0 Å². The summed E-state index contributed by atoms with van der Waals surface area (Å²) in [5.41, 5.74) is 1.85. The van der Waals surface area contributed by atoms with Gasteiger partial charge in [-0.25, -0.2) is 0 Å². The smallest absolute Gasteiger partial charge is 0.217 e. The Bertz CT molecular complexity index is 349. The fraction of sp³-hybridized carbons (Fsp3) is 0.364. The van der Waals surface area contributed by atoms with Crippen LogP contribution >= 0.6 is 0 Å². The summed E-state index contributed by atoms with van der Waals surface area (Å²) < 4.78 is 5.43. The minimum absolute atomic E-state index is 0.0394. The Morgan fingerprint density at radius 1 is 1.43 bits per heavy atom. The second-order valence-electron chi connectivity index (χ2n) is 3.41. The SMILES string of the molecule is CCCC1Nc2ccccc2C(=N)O1. The fourth-order valence-electron chi connectivity index (χ4n) is 1.61. The van der Waals surface area contributed by atoms with Gasteiger partial charge in [0.25, 0.3) is 0 Å².